The van der Waals surface area contributed by atoms with Gasteiger partial charge >= 0.3 is 0 Å². The third kappa shape index (κ3) is 12.7. The molecule has 69 heavy (non-hydrogen) atoms. The Bertz CT molecular complexity index is 2530. The van der Waals surface area contributed by atoms with Gasteiger partial charge in [0, 0.05) is 68.2 Å². The van der Waals surface area contributed by atoms with E-state index in [1.54, 1.807) is 42.5 Å². The highest BCUT2D eigenvalue weighted by Crippen LogP contribution is 2.32. The molecule has 0 aliphatic carbocycles. The molecule has 4 aromatic rings. The highest BCUT2D eigenvalue weighted by molar-refractivity contribution is 6.24. The number of nitrogens with zero attached hydrogens (tertiary/aromatic N) is 2. The van der Waals surface area contributed by atoms with Crippen LogP contribution in [0.15, 0.2) is 60.7 Å². The number of piperidine rings is 1. The molecule has 1 aromatic heterocycles. The molecule has 3 aromatic carbocycles. The molecule has 2 unspecified atom stereocenters. The minimum absolute atomic E-state index is 0.0391. The fraction of sp³-hybridized carbons (Fsp3) is 0.449. The van der Waals surface area contributed by atoms with Crippen molar-refractivity contribution in [1.82, 2.24) is 20.5 Å². The van der Waals surface area contributed by atoms with Crippen LogP contribution in [0.3, 0.4) is 0 Å². The SMILES string of the molecule is O=C1CCC(N2C(=O)c3cccc(CCCOCCOCCOCCOCCOCCCC(=O)c4cc5cc(N6CCC(O)(C(=O)NCCc7cc(F)cc(F)c7)C6=O)ccc5[nH]4)c3C2=O)C(=O)N1. The molecule has 3 aliphatic heterocycles. The summed E-state index contributed by atoms with van der Waals surface area (Å²) in [5.74, 6) is -5.41. The summed E-state index contributed by atoms with van der Waals surface area (Å²) < 4.78 is 54.9. The van der Waals surface area contributed by atoms with Gasteiger partial charge in [-0.1, -0.05) is 12.1 Å². The standard InChI is InChI=1S/C49H55F2N5O13/c50-34-26-31(27-35(51)30-34)12-14-52-47(62)49(64)13-15-55(48(49)63)36-8-9-38-33(28-36)29-39(53-38)41(57)7-3-17-66-19-21-68-23-25-69-24-22-67-20-18-65-16-2-5-32-4-1-6-37-43(32)46(61)56(45(37)60)40-10-11-42(58)54-44(40)59/h1,4,6,8-9,26-30,40,53,64H,2-3,5,7,10-25H2,(H,52,62)(H,54,58,59). The minimum atomic E-state index is -2.30. The molecule has 0 saturated carbocycles. The highest BCUT2D eigenvalue weighted by atomic mass is 19.1. The summed E-state index contributed by atoms with van der Waals surface area (Å²) in [7, 11) is 0. The maximum Gasteiger partial charge on any atom is 0.268 e. The molecule has 18 nitrogen and oxygen atoms in total. The van der Waals surface area contributed by atoms with E-state index in [-0.39, 0.29) is 56.5 Å². The summed E-state index contributed by atoms with van der Waals surface area (Å²) in [5, 5.41) is 16.4. The van der Waals surface area contributed by atoms with Crippen molar-refractivity contribution in [2.75, 3.05) is 84.1 Å². The van der Waals surface area contributed by atoms with E-state index in [0.717, 1.165) is 23.1 Å². The summed E-state index contributed by atoms with van der Waals surface area (Å²) in [5.41, 5.74) is 0.795. The number of fused-ring (bicyclic) bond motifs is 2. The molecule has 4 heterocycles. The van der Waals surface area contributed by atoms with Crippen molar-refractivity contribution >= 4 is 57.8 Å². The summed E-state index contributed by atoms with van der Waals surface area (Å²) >= 11 is 0. The molecule has 0 spiro atoms. The predicted molar refractivity (Wildman–Crippen MR) is 242 cm³/mol. The lowest BCUT2D eigenvalue weighted by Gasteiger charge is -2.27. The minimum Gasteiger partial charge on any atom is -0.379 e. The first-order valence-corrected chi connectivity index (χ1v) is 23.0. The van der Waals surface area contributed by atoms with Gasteiger partial charge in [-0.05, 0) is 85.7 Å². The molecule has 368 valence electrons. The van der Waals surface area contributed by atoms with Crippen molar-refractivity contribution in [2.45, 2.75) is 63.0 Å². The fourth-order valence-corrected chi connectivity index (χ4v) is 8.43. The molecule has 0 bridgehead atoms. The fourth-order valence-electron chi connectivity index (χ4n) is 8.43. The van der Waals surface area contributed by atoms with Gasteiger partial charge in [-0.15, -0.1) is 0 Å². The van der Waals surface area contributed by atoms with Crippen LogP contribution in [0.1, 0.15) is 80.9 Å². The number of H-pyrrole nitrogens is 1. The Morgan fingerprint density at radius 2 is 1.42 bits per heavy atom. The van der Waals surface area contributed by atoms with Crippen LogP contribution in [0.5, 0.6) is 0 Å². The zero-order valence-corrected chi connectivity index (χ0v) is 38.0. The summed E-state index contributed by atoms with van der Waals surface area (Å²) in [6.45, 7) is 3.77. The van der Waals surface area contributed by atoms with Crippen molar-refractivity contribution < 1.29 is 71.1 Å². The normalized spacial score (nSPS) is 18.1. The molecule has 7 rings (SSSR count). The number of aryl methyl sites for hydroxylation is 1. The molecular formula is C49H55F2N5O13. The lowest BCUT2D eigenvalue weighted by Crippen LogP contribution is -2.54. The third-order valence-corrected chi connectivity index (χ3v) is 12.0. The molecule has 2 fully saturated rings. The van der Waals surface area contributed by atoms with E-state index in [1.807, 2.05) is 0 Å². The Morgan fingerprint density at radius 1 is 0.768 bits per heavy atom. The Labute approximate surface area is 395 Å². The van der Waals surface area contributed by atoms with Crippen LogP contribution in [-0.4, -0.2) is 147 Å². The number of aromatic amines is 1. The number of aromatic nitrogens is 1. The molecule has 2 atom stereocenters. The van der Waals surface area contributed by atoms with Crippen LogP contribution in [0.25, 0.3) is 10.9 Å². The number of Topliss-reactive ketones (excluding diaryl/α,β-unsaturated/α-hetero) is 1. The van der Waals surface area contributed by atoms with E-state index < -0.39 is 58.7 Å². The van der Waals surface area contributed by atoms with Crippen molar-refractivity contribution in [3.05, 3.63) is 100 Å². The maximum atomic E-state index is 13.5. The second-order valence-corrected chi connectivity index (χ2v) is 16.8. The van der Waals surface area contributed by atoms with E-state index in [9.17, 15) is 47.4 Å². The van der Waals surface area contributed by atoms with Crippen molar-refractivity contribution in [2.24, 2.45) is 0 Å². The van der Waals surface area contributed by atoms with Crippen molar-refractivity contribution in [1.29, 1.82) is 0 Å². The van der Waals surface area contributed by atoms with Gasteiger partial charge < -0.3 is 44.0 Å². The topological polar surface area (TPSA) is 232 Å². The van der Waals surface area contributed by atoms with Gasteiger partial charge in [0.2, 0.25) is 17.4 Å². The number of aliphatic hydroxyl groups is 1. The summed E-state index contributed by atoms with van der Waals surface area (Å²) in [6, 6.07) is 13.9. The Balaban J connectivity index is 0.681. The number of carbonyl (C=O) groups is 7. The molecule has 4 N–H and O–H groups in total. The van der Waals surface area contributed by atoms with Gasteiger partial charge in [-0.3, -0.25) is 43.8 Å². The van der Waals surface area contributed by atoms with Crippen LogP contribution in [0.4, 0.5) is 14.5 Å². The van der Waals surface area contributed by atoms with E-state index >= 15 is 0 Å². The van der Waals surface area contributed by atoms with Crippen LogP contribution >= 0.6 is 0 Å². The lowest BCUT2D eigenvalue weighted by molar-refractivity contribution is -0.149. The largest absolute Gasteiger partial charge is 0.379 e. The number of anilines is 1. The number of imide groups is 2. The van der Waals surface area contributed by atoms with E-state index in [0.29, 0.717) is 124 Å². The van der Waals surface area contributed by atoms with Crippen molar-refractivity contribution in [3.8, 4) is 0 Å². The first-order valence-electron chi connectivity index (χ1n) is 23.0. The average molecular weight is 960 g/mol. The molecular weight excluding hydrogens is 905 g/mol. The number of hydrogen-bond acceptors (Lipinski definition) is 13. The lowest BCUT2D eigenvalue weighted by atomic mass is 9.99. The van der Waals surface area contributed by atoms with E-state index in [2.05, 4.69) is 15.6 Å². The second-order valence-electron chi connectivity index (χ2n) is 16.8. The zero-order valence-electron chi connectivity index (χ0n) is 38.0. The summed E-state index contributed by atoms with van der Waals surface area (Å²) in [6.07, 6.45) is 1.94. The Kier molecular flexibility index (Phi) is 17.5. The molecule has 2 saturated heterocycles. The number of hydrogen-bond donors (Lipinski definition) is 4. The van der Waals surface area contributed by atoms with Crippen molar-refractivity contribution in [3.63, 3.8) is 0 Å². The van der Waals surface area contributed by atoms with E-state index in [1.165, 1.54) is 4.90 Å². The van der Waals surface area contributed by atoms with Crippen LogP contribution < -0.4 is 15.5 Å². The van der Waals surface area contributed by atoms with Gasteiger partial charge in [0.25, 0.3) is 23.6 Å². The number of carbonyl (C=O) groups excluding carboxylic acids is 7. The van der Waals surface area contributed by atoms with Gasteiger partial charge in [-0.25, -0.2) is 8.78 Å². The molecule has 20 heteroatoms. The Morgan fingerprint density at radius 3 is 2.09 bits per heavy atom. The smallest absolute Gasteiger partial charge is 0.268 e. The van der Waals surface area contributed by atoms with Gasteiger partial charge in [-0.2, -0.15) is 0 Å². The van der Waals surface area contributed by atoms with Gasteiger partial charge in [0.05, 0.1) is 69.7 Å². The van der Waals surface area contributed by atoms with Crippen LogP contribution in [-0.2, 0) is 55.7 Å². The molecule has 3 aliphatic rings. The number of halogens is 2. The molecule has 6 amide bonds. The average Bonchev–Trinajstić information content (AvgIpc) is 3.97. The highest BCUT2D eigenvalue weighted by Gasteiger charge is 2.52. The monoisotopic (exact) mass is 959 g/mol. The number of benzene rings is 3. The number of rotatable bonds is 27. The third-order valence-electron chi connectivity index (χ3n) is 12.0. The van der Waals surface area contributed by atoms with Crippen LogP contribution in [0, 0.1) is 11.6 Å². The predicted octanol–water partition coefficient (Wildman–Crippen LogP) is 3.35. The second kappa shape index (κ2) is 23.8. The Hall–Kier alpha value is -6.29. The summed E-state index contributed by atoms with van der Waals surface area (Å²) in [4.78, 5) is 94.7. The number of nitrogens with one attached hydrogen (secondary N) is 3. The first-order chi connectivity index (χ1) is 33.3. The maximum absolute atomic E-state index is 13.5. The first kappa shape index (κ1) is 50.6. The van der Waals surface area contributed by atoms with Gasteiger partial charge in [0.15, 0.2) is 5.78 Å². The quantitative estimate of drug-likeness (QED) is 0.0291. The van der Waals surface area contributed by atoms with Crippen LogP contribution in [0.2, 0.25) is 0 Å². The number of ketones is 1. The van der Waals surface area contributed by atoms with E-state index in [4.69, 9.17) is 23.7 Å². The number of ether oxygens (including phenoxy) is 5. The number of amides is 6. The van der Waals surface area contributed by atoms with Gasteiger partial charge in [0.1, 0.15) is 17.7 Å². The molecule has 0 radical (unpaired) electrons. The zero-order chi connectivity index (χ0) is 48.9.